The van der Waals surface area contributed by atoms with Crippen LogP contribution in [0.15, 0.2) is 200 Å². The van der Waals surface area contributed by atoms with Crippen LogP contribution in [0.4, 0.5) is 0 Å². The first-order chi connectivity index (χ1) is 35.7. The number of fused-ring (bicyclic) bond motifs is 15. The summed E-state index contributed by atoms with van der Waals surface area (Å²) in [5, 5.41) is 2.34. The Balaban J connectivity index is 1.09. The van der Waals surface area contributed by atoms with E-state index in [4.69, 9.17) is 29.9 Å². The molecule has 0 fully saturated rings. The zero-order valence-corrected chi connectivity index (χ0v) is 40.7. The van der Waals surface area contributed by atoms with E-state index in [1.54, 1.807) is 0 Å². The quantitative estimate of drug-likeness (QED) is 0.160. The van der Waals surface area contributed by atoms with E-state index in [-0.39, 0.29) is 10.8 Å². The van der Waals surface area contributed by atoms with Gasteiger partial charge in [0.1, 0.15) is 33.1 Å². The summed E-state index contributed by atoms with van der Waals surface area (Å²) >= 11 is 0. The third-order valence-electron chi connectivity index (χ3n) is 15.8. The van der Waals surface area contributed by atoms with E-state index >= 15 is 0 Å². The molecule has 7 nitrogen and oxygen atoms in total. The van der Waals surface area contributed by atoms with Gasteiger partial charge >= 0.3 is 0 Å². The van der Waals surface area contributed by atoms with Gasteiger partial charge in [-0.15, -0.1) is 0 Å². The van der Waals surface area contributed by atoms with Crippen LogP contribution in [0.2, 0.25) is 0 Å². The van der Waals surface area contributed by atoms with Crippen molar-refractivity contribution >= 4 is 54.9 Å². The Morgan fingerprint density at radius 3 is 1.03 bits per heavy atom. The Labute approximate surface area is 421 Å². The third-order valence-corrected chi connectivity index (χ3v) is 15.8. The monoisotopic (exact) mass is 935 g/mol. The van der Waals surface area contributed by atoms with Crippen molar-refractivity contribution in [2.24, 2.45) is 0 Å². The Morgan fingerprint density at radius 1 is 0.315 bits per heavy atom. The Bertz CT molecular complexity index is 4350. The number of hydrogen-bond acceptors (Lipinski definition) is 6. The van der Waals surface area contributed by atoms with Crippen molar-refractivity contribution < 1.29 is 0 Å². The van der Waals surface area contributed by atoms with Crippen LogP contribution < -0.4 is 0 Å². The zero-order valence-electron chi connectivity index (χ0n) is 40.7. The topological polar surface area (TPSA) is 82.3 Å². The Morgan fingerprint density at radius 2 is 0.644 bits per heavy atom. The third kappa shape index (κ3) is 5.93. The molecular weight excluding hydrogens is 891 g/mol. The minimum atomic E-state index is -0.220. The van der Waals surface area contributed by atoms with Gasteiger partial charge in [0.25, 0.3) is 0 Å². The van der Waals surface area contributed by atoms with Crippen LogP contribution in [0.5, 0.6) is 0 Å². The average Bonchev–Trinajstić information content (AvgIpc) is 3.97. The summed E-state index contributed by atoms with van der Waals surface area (Å²) in [6.45, 7) is 9.38. The molecule has 0 atom stereocenters. The van der Waals surface area contributed by atoms with E-state index in [0.717, 1.165) is 56.1 Å². The molecule has 0 spiro atoms. The van der Waals surface area contributed by atoms with E-state index < -0.39 is 0 Å². The summed E-state index contributed by atoms with van der Waals surface area (Å²) in [6, 6.07) is 68.6. The van der Waals surface area contributed by atoms with E-state index in [1.165, 1.54) is 55.3 Å². The number of rotatable bonds is 5. The lowest BCUT2D eigenvalue weighted by Gasteiger charge is -2.22. The molecule has 2 aliphatic carbocycles. The molecule has 0 amide bonds. The van der Waals surface area contributed by atoms with Gasteiger partial charge in [0.05, 0.1) is 40.0 Å². The number of hydrogen-bond donors (Lipinski definition) is 0. The highest BCUT2D eigenvalue weighted by Gasteiger charge is 2.39. The smallest absolute Gasteiger partial charge is 0.157 e. The summed E-state index contributed by atoms with van der Waals surface area (Å²) in [5.74, 6) is 0.682. The van der Waals surface area contributed by atoms with Crippen molar-refractivity contribution in [1.29, 1.82) is 0 Å². The first kappa shape index (κ1) is 41.6. The van der Waals surface area contributed by atoms with Gasteiger partial charge in [-0.2, -0.15) is 0 Å². The van der Waals surface area contributed by atoms with Gasteiger partial charge in [0, 0.05) is 43.9 Å². The Hall–Kier alpha value is -9.20. The second-order valence-electron chi connectivity index (χ2n) is 20.6. The molecule has 0 saturated carbocycles. The number of benzene rings is 9. The van der Waals surface area contributed by atoms with E-state index in [0.29, 0.717) is 38.9 Å². The largest absolute Gasteiger partial charge is 0.292 e. The second-order valence-corrected chi connectivity index (χ2v) is 20.6. The van der Waals surface area contributed by atoms with Crippen LogP contribution in [0, 0.1) is 0 Å². The van der Waals surface area contributed by atoms with Crippen LogP contribution >= 0.6 is 0 Å². The highest BCUT2D eigenvalue weighted by Crippen LogP contribution is 2.54. The molecule has 13 aromatic rings. The van der Waals surface area contributed by atoms with Crippen LogP contribution in [-0.4, -0.2) is 34.5 Å². The molecule has 0 aliphatic heterocycles. The van der Waals surface area contributed by atoms with Crippen LogP contribution in [-0.2, 0) is 10.8 Å². The maximum absolute atomic E-state index is 5.79. The standard InChI is InChI=1S/C66H45N7/c1-65(2)48-31-19-17-29-42(48)44-33-46-47-34-45-43-30-18-20-32-49(43)66(3,4)51(45)36-53(47)73(52(46)35-50(44)65)54-37-67-59-60(68-54)62-64(72-58(41-27-15-8-16-28-41)57(70-62)40-25-13-7-14-26-40)63-61(59)69-55(38-21-9-5-10-22-38)56(71-63)39-23-11-6-12-24-39/h5-37H,1-4H3. The van der Waals surface area contributed by atoms with Gasteiger partial charge in [-0.25, -0.2) is 29.9 Å². The first-order valence-corrected chi connectivity index (χ1v) is 25.0. The predicted molar refractivity (Wildman–Crippen MR) is 297 cm³/mol. The van der Waals surface area contributed by atoms with Crippen molar-refractivity contribution in [3.63, 3.8) is 0 Å². The summed E-state index contributed by atoms with van der Waals surface area (Å²) in [5.41, 5.74) is 22.5. The van der Waals surface area contributed by atoms with Crippen molar-refractivity contribution in [1.82, 2.24) is 34.5 Å². The minimum Gasteiger partial charge on any atom is -0.292 e. The van der Waals surface area contributed by atoms with Gasteiger partial charge < -0.3 is 0 Å². The van der Waals surface area contributed by atoms with E-state index in [9.17, 15) is 0 Å². The Kier molecular flexibility index (Phi) is 8.63. The van der Waals surface area contributed by atoms with Crippen molar-refractivity contribution in [3.8, 4) is 73.1 Å². The lowest BCUT2D eigenvalue weighted by molar-refractivity contribution is 0.660. The highest BCUT2D eigenvalue weighted by atomic mass is 15.1. The molecule has 73 heavy (non-hydrogen) atoms. The molecule has 0 unspecified atom stereocenters. The molecule has 4 aromatic heterocycles. The molecule has 0 N–H and O–H groups in total. The second kappa shape index (κ2) is 15.2. The molecule has 9 aromatic carbocycles. The predicted octanol–water partition coefficient (Wildman–Crippen LogP) is 15.9. The van der Waals surface area contributed by atoms with E-state index in [1.807, 2.05) is 79.0 Å². The van der Waals surface area contributed by atoms with Gasteiger partial charge in [-0.3, -0.25) is 4.57 Å². The van der Waals surface area contributed by atoms with Crippen LogP contribution in [0.3, 0.4) is 0 Å². The molecule has 15 rings (SSSR count). The molecule has 2 aliphatic rings. The average molecular weight is 936 g/mol. The van der Waals surface area contributed by atoms with Crippen LogP contribution in [0.25, 0.3) is 128 Å². The molecule has 0 radical (unpaired) electrons. The molecule has 344 valence electrons. The zero-order chi connectivity index (χ0) is 48.7. The van der Waals surface area contributed by atoms with Gasteiger partial charge in [0.15, 0.2) is 5.82 Å². The summed E-state index contributed by atoms with van der Waals surface area (Å²) in [7, 11) is 0. The first-order valence-electron chi connectivity index (χ1n) is 25.0. The molecule has 0 saturated heterocycles. The lowest BCUT2D eigenvalue weighted by atomic mass is 9.82. The number of aromatic nitrogens is 7. The van der Waals surface area contributed by atoms with Crippen molar-refractivity contribution in [2.45, 2.75) is 38.5 Å². The SMILES string of the molecule is CC1(C)c2ccccc2-c2cc3c4cc5c(cc4n(-c4cnc6c(n4)c4nc(-c7ccccc7)c(-c7ccccc7)nc4c4nc(-c7ccccc7)c(-c7ccccc7)nc64)c3cc21)C(C)(C)c1ccccc1-5. The maximum Gasteiger partial charge on any atom is 0.157 e. The van der Waals surface area contributed by atoms with Crippen molar-refractivity contribution in [3.05, 3.63) is 223 Å². The maximum atomic E-state index is 5.79. The lowest BCUT2D eigenvalue weighted by Crippen LogP contribution is -2.15. The van der Waals surface area contributed by atoms with Crippen molar-refractivity contribution in [2.75, 3.05) is 0 Å². The molecular formula is C66H45N7. The molecule has 7 heteroatoms. The molecule has 0 bridgehead atoms. The van der Waals surface area contributed by atoms with Crippen LogP contribution in [0.1, 0.15) is 49.9 Å². The summed E-state index contributed by atoms with van der Waals surface area (Å²) in [6.07, 6.45) is 1.92. The van der Waals surface area contributed by atoms with Gasteiger partial charge in [-0.1, -0.05) is 198 Å². The summed E-state index contributed by atoms with van der Waals surface area (Å²) < 4.78 is 2.34. The summed E-state index contributed by atoms with van der Waals surface area (Å²) in [4.78, 5) is 33.7. The normalized spacial score (nSPS) is 14.0. The fraction of sp³-hybridized carbons (Fsp3) is 0.0909. The number of nitrogens with zero attached hydrogens (tertiary/aromatic N) is 7. The highest BCUT2D eigenvalue weighted by molar-refractivity contribution is 6.20. The fourth-order valence-corrected chi connectivity index (χ4v) is 12.2. The molecule has 4 heterocycles. The van der Waals surface area contributed by atoms with E-state index in [2.05, 4.69) is 154 Å². The fourth-order valence-electron chi connectivity index (χ4n) is 12.2. The van der Waals surface area contributed by atoms with Gasteiger partial charge in [-0.05, 0) is 68.8 Å². The van der Waals surface area contributed by atoms with Gasteiger partial charge in [0.2, 0.25) is 0 Å². The minimum absolute atomic E-state index is 0.220.